The summed E-state index contributed by atoms with van der Waals surface area (Å²) in [5.74, 6) is -0.165. The Bertz CT molecular complexity index is 1870. The third kappa shape index (κ3) is 8.00. The van der Waals surface area contributed by atoms with Crippen LogP contribution < -0.4 is 10.9 Å². The van der Waals surface area contributed by atoms with Gasteiger partial charge in [0.25, 0.3) is 6.01 Å². The molecule has 0 fully saturated rings. The van der Waals surface area contributed by atoms with Crippen LogP contribution in [0.1, 0.15) is 27.8 Å². The highest BCUT2D eigenvalue weighted by Gasteiger charge is 2.26. The van der Waals surface area contributed by atoms with E-state index in [4.69, 9.17) is 4.42 Å². The average molecular weight is 684 g/mol. The Hall–Kier alpha value is -4.96. The molecule has 0 aliphatic heterocycles. The van der Waals surface area contributed by atoms with Crippen LogP contribution in [0.3, 0.4) is 0 Å². The monoisotopic (exact) mass is 682 g/mol. The van der Waals surface area contributed by atoms with E-state index in [0.717, 1.165) is 16.7 Å². The number of fused-ring (bicyclic) bond motifs is 1. The van der Waals surface area contributed by atoms with Crippen LogP contribution in [0.25, 0.3) is 10.9 Å². The number of benzene rings is 4. The van der Waals surface area contributed by atoms with Crippen molar-refractivity contribution in [1.29, 1.82) is 0 Å². The first-order chi connectivity index (χ1) is 22.2. The topological polar surface area (TPSA) is 116 Å². The van der Waals surface area contributed by atoms with Crippen molar-refractivity contribution in [2.45, 2.75) is 38.9 Å². The summed E-state index contributed by atoms with van der Waals surface area (Å²) in [5, 5.41) is 13.2. The third-order valence-corrected chi connectivity index (χ3v) is 8.51. The molecule has 2 N–H and O–H groups in total. The van der Waals surface area contributed by atoms with Gasteiger partial charge in [-0.25, -0.2) is 9.59 Å². The number of rotatable bonds is 12. The summed E-state index contributed by atoms with van der Waals surface area (Å²) in [7, 11) is 1.76. The van der Waals surface area contributed by atoms with Gasteiger partial charge in [-0.05, 0) is 63.2 Å². The van der Waals surface area contributed by atoms with Gasteiger partial charge in [-0.1, -0.05) is 91.0 Å². The molecule has 10 heteroatoms. The van der Waals surface area contributed by atoms with Gasteiger partial charge in [0, 0.05) is 37.6 Å². The lowest BCUT2D eigenvalue weighted by Crippen LogP contribution is -2.43. The van der Waals surface area contributed by atoms with E-state index in [0.29, 0.717) is 40.5 Å². The largest absolute Gasteiger partial charge is 0.465 e. The van der Waals surface area contributed by atoms with Gasteiger partial charge < -0.3 is 19.7 Å². The fourth-order valence-corrected chi connectivity index (χ4v) is 5.92. The molecule has 0 saturated heterocycles. The minimum absolute atomic E-state index is 0.0625. The molecule has 0 aliphatic rings. The number of amides is 2. The molecule has 0 aliphatic carbocycles. The summed E-state index contributed by atoms with van der Waals surface area (Å²) >= 11 is 3.55. The summed E-state index contributed by atoms with van der Waals surface area (Å²) in [5.41, 5.74) is 3.85. The number of likely N-dealkylation sites (N-methyl/N-ethyl adjacent to an activating group) is 1. The molecule has 9 nitrogen and oxygen atoms in total. The molecular formula is C36H35BrN4O5. The predicted molar refractivity (Wildman–Crippen MR) is 182 cm³/mol. The molecular weight excluding hydrogens is 648 g/mol. The molecule has 46 heavy (non-hydrogen) atoms. The smallest absolute Gasteiger partial charge is 0.407 e. The van der Waals surface area contributed by atoms with Crippen molar-refractivity contribution in [1.82, 2.24) is 14.8 Å². The molecule has 5 rings (SSSR count). The first kappa shape index (κ1) is 32.4. The number of hydrogen-bond acceptors (Lipinski definition) is 6. The van der Waals surface area contributed by atoms with Gasteiger partial charge >= 0.3 is 11.7 Å². The average Bonchev–Trinajstić information content (AvgIpc) is 3.06. The molecule has 1 aromatic heterocycles. The molecule has 5 aromatic rings. The van der Waals surface area contributed by atoms with Crippen LogP contribution in [0.2, 0.25) is 0 Å². The van der Waals surface area contributed by atoms with Gasteiger partial charge in [-0.3, -0.25) is 9.69 Å². The van der Waals surface area contributed by atoms with Crippen LogP contribution in [0, 0.1) is 6.92 Å². The number of aromatic nitrogens is 1. The van der Waals surface area contributed by atoms with Gasteiger partial charge in [0.15, 0.2) is 0 Å². The van der Waals surface area contributed by atoms with E-state index in [2.05, 4.69) is 26.2 Å². The van der Waals surface area contributed by atoms with Crippen molar-refractivity contribution in [3.05, 3.63) is 140 Å². The van der Waals surface area contributed by atoms with Gasteiger partial charge in [0.2, 0.25) is 5.91 Å². The standard InChI is InChI=1S/C36H35BrN4O5/c1-24-28(23-41(36(44)45)22-27-16-10-5-11-17-27)21-29(37)32-31(24)34(43)46-35(39-32)38-30(20-26-14-8-4-9-15-26)33(42)40(2)19-18-25-12-6-3-7-13-25/h3-17,21,30H,18-20,22-23H2,1-2H3,(H,38,39)(H,44,45)/t30-/m0/s1. The first-order valence-electron chi connectivity index (χ1n) is 14.9. The number of carboxylic acid groups (broad SMARTS) is 1. The van der Waals surface area contributed by atoms with Crippen LogP contribution in [-0.2, 0) is 30.7 Å². The summed E-state index contributed by atoms with van der Waals surface area (Å²) < 4.78 is 6.17. The van der Waals surface area contributed by atoms with Crippen LogP contribution in [-0.4, -0.2) is 51.5 Å². The Labute approximate surface area is 275 Å². The summed E-state index contributed by atoms with van der Waals surface area (Å²) in [4.78, 5) is 46.9. The molecule has 236 valence electrons. The van der Waals surface area contributed by atoms with E-state index in [-0.39, 0.29) is 30.4 Å². The second-order valence-electron chi connectivity index (χ2n) is 11.2. The number of halogens is 1. The third-order valence-electron chi connectivity index (χ3n) is 7.91. The van der Waals surface area contributed by atoms with E-state index >= 15 is 0 Å². The van der Waals surface area contributed by atoms with Crippen LogP contribution in [0.4, 0.5) is 10.8 Å². The highest BCUT2D eigenvalue weighted by atomic mass is 79.9. The molecule has 0 spiro atoms. The van der Waals surface area contributed by atoms with E-state index in [1.165, 1.54) is 4.90 Å². The Morgan fingerprint density at radius 1 is 0.913 bits per heavy atom. The first-order valence-corrected chi connectivity index (χ1v) is 15.7. The maximum absolute atomic E-state index is 13.7. The second-order valence-corrected chi connectivity index (χ2v) is 12.0. The number of nitrogens with zero attached hydrogens (tertiary/aromatic N) is 3. The predicted octanol–water partition coefficient (Wildman–Crippen LogP) is 6.66. The SMILES string of the molecule is Cc1c(CN(Cc2ccccc2)C(=O)O)cc(Br)c2nc(N[C@@H](Cc3ccccc3)C(=O)N(C)CCc3ccccc3)oc(=O)c12. The highest BCUT2D eigenvalue weighted by Crippen LogP contribution is 2.29. The zero-order valence-corrected chi connectivity index (χ0v) is 27.2. The zero-order chi connectivity index (χ0) is 32.6. The lowest BCUT2D eigenvalue weighted by atomic mass is 10.0. The van der Waals surface area contributed by atoms with Crippen molar-refractivity contribution in [2.24, 2.45) is 0 Å². The molecule has 0 saturated carbocycles. The van der Waals surface area contributed by atoms with Crippen LogP contribution in [0.5, 0.6) is 0 Å². The second kappa shape index (κ2) is 14.9. The minimum Gasteiger partial charge on any atom is -0.465 e. The number of nitrogens with one attached hydrogen (secondary N) is 1. The van der Waals surface area contributed by atoms with Gasteiger partial charge in [0.05, 0.1) is 10.9 Å². The van der Waals surface area contributed by atoms with Crippen molar-refractivity contribution < 1.29 is 19.1 Å². The van der Waals surface area contributed by atoms with Crippen LogP contribution in [0.15, 0.2) is 111 Å². The van der Waals surface area contributed by atoms with E-state index in [1.807, 2.05) is 91.0 Å². The zero-order valence-electron chi connectivity index (χ0n) is 25.7. The Kier molecular flexibility index (Phi) is 10.5. The fourth-order valence-electron chi connectivity index (χ4n) is 5.35. The highest BCUT2D eigenvalue weighted by molar-refractivity contribution is 9.10. The molecule has 2 amide bonds. The summed E-state index contributed by atoms with van der Waals surface area (Å²) in [6.07, 6.45) is -0.0272. The van der Waals surface area contributed by atoms with Gasteiger partial charge in [-0.15, -0.1) is 0 Å². The number of aryl methyl sites for hydroxylation is 1. The minimum atomic E-state index is -1.08. The summed E-state index contributed by atoms with van der Waals surface area (Å²) in [6.45, 7) is 2.52. The number of hydrogen-bond donors (Lipinski definition) is 2. The van der Waals surface area contributed by atoms with Crippen molar-refractivity contribution in [2.75, 3.05) is 18.9 Å². The molecule has 0 bridgehead atoms. The fraction of sp³-hybridized carbons (Fsp3) is 0.222. The maximum atomic E-state index is 13.7. The van der Waals surface area contributed by atoms with Gasteiger partial charge in [0.1, 0.15) is 6.04 Å². The van der Waals surface area contributed by atoms with Crippen LogP contribution >= 0.6 is 15.9 Å². The molecule has 1 heterocycles. The number of carbonyl (C=O) groups excluding carboxylic acids is 1. The van der Waals surface area contributed by atoms with Crippen molar-refractivity contribution in [3.63, 3.8) is 0 Å². The molecule has 1 atom stereocenters. The number of carbonyl (C=O) groups is 2. The summed E-state index contributed by atoms with van der Waals surface area (Å²) in [6, 6.07) is 29.8. The molecule has 0 unspecified atom stereocenters. The van der Waals surface area contributed by atoms with Crippen molar-refractivity contribution in [3.8, 4) is 0 Å². The Morgan fingerprint density at radius 2 is 1.50 bits per heavy atom. The normalized spacial score (nSPS) is 11.6. The number of anilines is 1. The van der Waals surface area contributed by atoms with E-state index in [9.17, 15) is 19.5 Å². The van der Waals surface area contributed by atoms with Gasteiger partial charge in [-0.2, -0.15) is 4.98 Å². The Balaban J connectivity index is 1.41. The van der Waals surface area contributed by atoms with E-state index < -0.39 is 17.8 Å². The van der Waals surface area contributed by atoms with Crippen molar-refractivity contribution >= 4 is 44.8 Å². The Morgan fingerprint density at radius 3 is 2.11 bits per heavy atom. The quantitative estimate of drug-likeness (QED) is 0.151. The lowest BCUT2D eigenvalue weighted by molar-refractivity contribution is -0.130. The van der Waals surface area contributed by atoms with E-state index in [1.54, 1.807) is 24.9 Å². The lowest BCUT2D eigenvalue weighted by Gasteiger charge is -2.25. The molecule has 4 aromatic carbocycles. The molecule has 0 radical (unpaired) electrons. The maximum Gasteiger partial charge on any atom is 0.407 e.